The summed E-state index contributed by atoms with van der Waals surface area (Å²) < 4.78 is 0. The average molecular weight is 605 g/mol. The molecule has 2 aromatic rings. The lowest BCUT2D eigenvalue weighted by atomic mass is 9.82. The number of fused-ring (bicyclic) bond motifs is 1. The summed E-state index contributed by atoms with van der Waals surface area (Å²) in [5.74, 6) is -1.51. The SMILES string of the molecule is C[C@H](/C=C/CC(=O)N1CCC[C@H]1CO)[C@@]1(O)C(=O)N(Cc2cccc(N3CCCCCCC3=O)c2)c2ccc([N+](=O)[O-])cc21. The first-order valence-electron chi connectivity index (χ1n) is 15.4. The van der Waals surface area contributed by atoms with Gasteiger partial charge in [-0.1, -0.05) is 44.1 Å². The van der Waals surface area contributed by atoms with Gasteiger partial charge in [-0.05, 0) is 49.4 Å². The Morgan fingerprint density at radius 3 is 2.68 bits per heavy atom. The molecule has 11 nitrogen and oxygen atoms in total. The maximum absolute atomic E-state index is 14.0. The number of nitro groups is 1. The van der Waals surface area contributed by atoms with E-state index in [1.54, 1.807) is 28.9 Å². The van der Waals surface area contributed by atoms with E-state index in [0.717, 1.165) is 49.8 Å². The molecule has 0 radical (unpaired) electrons. The third-order valence-corrected chi connectivity index (χ3v) is 9.13. The Balaban J connectivity index is 1.40. The predicted octanol–water partition coefficient (Wildman–Crippen LogP) is 4.19. The number of carbonyl (C=O) groups excluding carboxylic acids is 3. The van der Waals surface area contributed by atoms with Crippen LogP contribution in [0.5, 0.6) is 0 Å². The number of carbonyl (C=O) groups is 3. The lowest BCUT2D eigenvalue weighted by molar-refractivity contribution is -0.385. The van der Waals surface area contributed by atoms with E-state index in [2.05, 4.69) is 0 Å². The fourth-order valence-electron chi connectivity index (χ4n) is 6.63. The highest BCUT2D eigenvalue weighted by molar-refractivity contribution is 6.07. The number of rotatable bonds is 9. The van der Waals surface area contributed by atoms with Crippen molar-refractivity contribution >= 4 is 34.8 Å². The van der Waals surface area contributed by atoms with E-state index in [1.807, 2.05) is 24.3 Å². The summed E-state index contributed by atoms with van der Waals surface area (Å²) in [6, 6.07) is 11.3. The van der Waals surface area contributed by atoms with Crippen LogP contribution in [0.25, 0.3) is 0 Å². The largest absolute Gasteiger partial charge is 0.394 e. The standard InChI is InChI=1S/C33H40N4O7/c1-23(9-6-14-31(40)35-18-8-12-27(35)22-38)33(42)28-20-26(37(43)44)15-16-29(28)36(32(33)41)21-24-10-7-11-25(19-24)34-17-5-3-2-4-13-30(34)39/h6-7,9-11,15-16,19-20,23,27,38,42H,2-5,8,12-14,17-18,21-22H2,1H3/b9-6+/t23-,27+,33+/m1/s1. The predicted molar refractivity (Wildman–Crippen MR) is 165 cm³/mol. The van der Waals surface area contributed by atoms with Crippen LogP contribution >= 0.6 is 0 Å². The molecule has 3 amide bonds. The number of non-ortho nitro benzene ring substituents is 1. The first-order valence-corrected chi connectivity index (χ1v) is 15.4. The van der Waals surface area contributed by atoms with E-state index >= 15 is 0 Å². The van der Waals surface area contributed by atoms with Gasteiger partial charge in [-0.25, -0.2) is 0 Å². The van der Waals surface area contributed by atoms with Crippen LogP contribution in [-0.4, -0.2) is 63.5 Å². The van der Waals surface area contributed by atoms with Crippen molar-refractivity contribution in [3.63, 3.8) is 0 Å². The number of nitro benzene ring substituents is 1. The molecule has 11 heteroatoms. The normalized spacial score (nSPS) is 23.2. The molecule has 3 heterocycles. The van der Waals surface area contributed by atoms with Crippen LogP contribution in [0.4, 0.5) is 17.1 Å². The molecule has 234 valence electrons. The third-order valence-electron chi connectivity index (χ3n) is 9.13. The number of hydrogen-bond acceptors (Lipinski definition) is 7. The number of amides is 3. The molecule has 3 atom stereocenters. The minimum atomic E-state index is -2.10. The zero-order chi connectivity index (χ0) is 31.4. The Morgan fingerprint density at radius 1 is 1.11 bits per heavy atom. The fraction of sp³-hybridized carbons (Fsp3) is 0.485. The zero-order valence-electron chi connectivity index (χ0n) is 25.1. The average Bonchev–Trinajstić information content (AvgIpc) is 3.57. The Morgan fingerprint density at radius 2 is 1.91 bits per heavy atom. The summed E-state index contributed by atoms with van der Waals surface area (Å²) in [5.41, 5.74) is -0.339. The number of aliphatic hydroxyl groups is 2. The van der Waals surface area contributed by atoms with Crippen LogP contribution in [0.1, 0.15) is 69.4 Å². The molecular formula is C33H40N4O7. The highest BCUT2D eigenvalue weighted by Crippen LogP contribution is 2.47. The molecule has 2 aromatic carbocycles. The van der Waals surface area contributed by atoms with Crippen molar-refractivity contribution in [3.05, 3.63) is 75.9 Å². The molecule has 0 bridgehead atoms. The molecule has 2 N–H and O–H groups in total. The summed E-state index contributed by atoms with van der Waals surface area (Å²) in [5, 5.41) is 33.2. The van der Waals surface area contributed by atoms with E-state index < -0.39 is 22.3 Å². The highest BCUT2D eigenvalue weighted by atomic mass is 16.6. The Hall–Kier alpha value is -4.09. The number of nitrogens with zero attached hydrogens (tertiary/aromatic N) is 4. The van der Waals surface area contributed by atoms with E-state index in [-0.39, 0.29) is 48.7 Å². The first-order chi connectivity index (χ1) is 21.1. The molecule has 0 unspecified atom stereocenters. The topological polar surface area (TPSA) is 145 Å². The molecular weight excluding hydrogens is 564 g/mol. The minimum absolute atomic E-state index is 0.0403. The zero-order valence-corrected chi connectivity index (χ0v) is 25.1. The highest BCUT2D eigenvalue weighted by Gasteiger charge is 2.53. The Bertz CT molecular complexity index is 1460. The Kier molecular flexibility index (Phi) is 9.45. The number of hydrogen-bond donors (Lipinski definition) is 2. The maximum atomic E-state index is 14.0. The summed E-state index contributed by atoms with van der Waals surface area (Å²) in [6.07, 6.45) is 9.20. The van der Waals surface area contributed by atoms with E-state index in [4.69, 9.17) is 0 Å². The molecule has 0 aliphatic carbocycles. The van der Waals surface area contributed by atoms with Gasteiger partial charge in [0.25, 0.3) is 11.6 Å². The Labute approximate surface area is 256 Å². The van der Waals surface area contributed by atoms with Gasteiger partial charge in [0.15, 0.2) is 5.60 Å². The van der Waals surface area contributed by atoms with Gasteiger partial charge in [-0.3, -0.25) is 24.5 Å². The summed E-state index contributed by atoms with van der Waals surface area (Å²) >= 11 is 0. The quantitative estimate of drug-likeness (QED) is 0.248. The van der Waals surface area contributed by atoms with Gasteiger partial charge in [0.1, 0.15) is 0 Å². The summed E-state index contributed by atoms with van der Waals surface area (Å²) in [4.78, 5) is 55.6. The van der Waals surface area contributed by atoms with Crippen molar-refractivity contribution in [2.24, 2.45) is 5.92 Å². The summed E-state index contributed by atoms with van der Waals surface area (Å²) in [6.45, 7) is 2.85. The first kappa shape index (κ1) is 31.3. The van der Waals surface area contributed by atoms with Crippen molar-refractivity contribution in [3.8, 4) is 0 Å². The van der Waals surface area contributed by atoms with Gasteiger partial charge >= 0.3 is 0 Å². The van der Waals surface area contributed by atoms with Gasteiger partial charge in [0.2, 0.25) is 11.8 Å². The number of aliphatic hydroxyl groups excluding tert-OH is 1. The van der Waals surface area contributed by atoms with Gasteiger partial charge in [-0.15, -0.1) is 0 Å². The van der Waals surface area contributed by atoms with Crippen LogP contribution in [0, 0.1) is 16.0 Å². The maximum Gasteiger partial charge on any atom is 0.269 e. The molecule has 44 heavy (non-hydrogen) atoms. The molecule has 2 fully saturated rings. The van der Waals surface area contributed by atoms with Gasteiger partial charge < -0.3 is 24.9 Å². The van der Waals surface area contributed by atoms with Crippen LogP contribution in [-0.2, 0) is 26.5 Å². The molecule has 0 saturated carbocycles. The van der Waals surface area contributed by atoms with Gasteiger partial charge in [0.05, 0.1) is 29.8 Å². The van der Waals surface area contributed by atoms with Gasteiger partial charge in [0, 0.05) is 55.2 Å². The van der Waals surface area contributed by atoms with Crippen LogP contribution in [0.3, 0.4) is 0 Å². The van der Waals surface area contributed by atoms with Crippen molar-refractivity contribution in [2.75, 3.05) is 29.5 Å². The number of benzene rings is 2. The number of anilines is 2. The smallest absolute Gasteiger partial charge is 0.269 e. The van der Waals surface area contributed by atoms with Crippen molar-refractivity contribution in [1.29, 1.82) is 0 Å². The van der Waals surface area contributed by atoms with Crippen LogP contribution in [0.15, 0.2) is 54.6 Å². The van der Waals surface area contributed by atoms with Crippen molar-refractivity contribution in [1.82, 2.24) is 4.90 Å². The molecule has 5 rings (SSSR count). The number of likely N-dealkylation sites (tertiary alicyclic amines) is 1. The van der Waals surface area contributed by atoms with Crippen LogP contribution < -0.4 is 9.80 Å². The van der Waals surface area contributed by atoms with E-state index in [1.165, 1.54) is 23.1 Å². The third kappa shape index (κ3) is 6.11. The minimum Gasteiger partial charge on any atom is -0.394 e. The molecule has 3 aliphatic rings. The second kappa shape index (κ2) is 13.3. The molecule has 0 spiro atoms. The summed E-state index contributed by atoms with van der Waals surface area (Å²) in [7, 11) is 0. The molecule has 3 aliphatic heterocycles. The van der Waals surface area contributed by atoms with Crippen LogP contribution in [0.2, 0.25) is 0 Å². The van der Waals surface area contributed by atoms with Crippen molar-refractivity contribution in [2.45, 2.75) is 76.5 Å². The fourth-order valence-corrected chi connectivity index (χ4v) is 6.63. The lowest BCUT2D eigenvalue weighted by Crippen LogP contribution is -2.44. The second-order valence-corrected chi connectivity index (χ2v) is 12.0. The monoisotopic (exact) mass is 604 g/mol. The molecule has 0 aromatic heterocycles. The van der Waals surface area contributed by atoms with E-state index in [0.29, 0.717) is 25.2 Å². The van der Waals surface area contributed by atoms with Gasteiger partial charge in [-0.2, -0.15) is 0 Å². The molecule has 2 saturated heterocycles. The van der Waals surface area contributed by atoms with E-state index in [9.17, 15) is 34.7 Å². The second-order valence-electron chi connectivity index (χ2n) is 12.0. The van der Waals surface area contributed by atoms with Crippen molar-refractivity contribution < 1.29 is 29.5 Å². The lowest BCUT2D eigenvalue weighted by Gasteiger charge is -2.28.